The molecule has 2 aromatic carbocycles. The van der Waals surface area contributed by atoms with Gasteiger partial charge in [-0.25, -0.2) is 18.4 Å². The number of pyridine rings is 1. The molecular weight excluding hydrogens is 438 g/mol. The first kappa shape index (κ1) is 21.0. The Morgan fingerprint density at radius 1 is 1.06 bits per heavy atom. The Morgan fingerprint density at radius 3 is 2.52 bits per heavy atom. The normalized spacial score (nSPS) is 11.7. The van der Waals surface area contributed by atoms with Crippen LogP contribution >= 0.6 is 11.6 Å². The number of fused-ring (bicyclic) bond motifs is 1. The Bertz CT molecular complexity index is 1340. The topological polar surface area (TPSA) is 97.2 Å². The van der Waals surface area contributed by atoms with E-state index in [0.717, 1.165) is 15.3 Å². The summed E-state index contributed by atoms with van der Waals surface area (Å²) in [7, 11) is -2.47. The average Bonchev–Trinajstić information content (AvgIpc) is 3.19. The summed E-state index contributed by atoms with van der Waals surface area (Å²) < 4.78 is 28.0. The largest absolute Gasteiger partial charge is 0.324 e. The molecular formula is C21H18ClN5O3S. The minimum Gasteiger partial charge on any atom is -0.324 e. The number of hydrogen-bond acceptors (Lipinski definition) is 5. The van der Waals surface area contributed by atoms with E-state index in [1.807, 2.05) is 28.8 Å². The number of para-hydroxylation sites is 2. The molecule has 1 amide bonds. The number of benzene rings is 2. The number of rotatable bonds is 6. The van der Waals surface area contributed by atoms with Crippen molar-refractivity contribution in [2.75, 3.05) is 18.9 Å². The quantitative estimate of drug-likeness (QED) is 0.481. The molecule has 8 nitrogen and oxygen atoms in total. The number of halogens is 1. The van der Waals surface area contributed by atoms with E-state index in [-0.39, 0.29) is 11.4 Å². The zero-order valence-electron chi connectivity index (χ0n) is 16.4. The van der Waals surface area contributed by atoms with E-state index in [2.05, 4.69) is 15.3 Å². The van der Waals surface area contributed by atoms with Crippen LogP contribution in [0.2, 0.25) is 5.02 Å². The highest BCUT2D eigenvalue weighted by Gasteiger charge is 2.23. The number of aromatic nitrogens is 3. The maximum absolute atomic E-state index is 12.6. The number of nitrogens with zero attached hydrogens (tertiary/aromatic N) is 4. The lowest BCUT2D eigenvalue weighted by molar-refractivity contribution is -0.116. The van der Waals surface area contributed by atoms with Crippen LogP contribution in [-0.2, 0) is 14.8 Å². The number of likely N-dealkylation sites (N-methyl/N-ethyl adjacent to an activating group) is 1. The van der Waals surface area contributed by atoms with Gasteiger partial charge in [-0.05, 0) is 48.5 Å². The SMILES string of the molecule is CN(CC(=O)Nc1ccc(-n2cnc3ccccc32)nc1)S(=O)(=O)c1ccc(Cl)cc1. The van der Waals surface area contributed by atoms with Gasteiger partial charge in [-0.2, -0.15) is 4.31 Å². The highest BCUT2D eigenvalue weighted by molar-refractivity contribution is 7.89. The highest BCUT2D eigenvalue weighted by atomic mass is 35.5. The van der Waals surface area contributed by atoms with Crippen molar-refractivity contribution in [1.29, 1.82) is 0 Å². The fraction of sp³-hybridized carbons (Fsp3) is 0.0952. The molecule has 0 unspecified atom stereocenters. The first-order valence-corrected chi connectivity index (χ1v) is 11.1. The van der Waals surface area contributed by atoms with Crippen molar-refractivity contribution in [2.24, 2.45) is 0 Å². The maximum atomic E-state index is 12.6. The molecule has 0 aliphatic carbocycles. The third-order valence-electron chi connectivity index (χ3n) is 4.62. The number of carbonyl (C=O) groups is 1. The van der Waals surface area contributed by atoms with Crippen molar-refractivity contribution in [3.8, 4) is 5.82 Å². The van der Waals surface area contributed by atoms with Gasteiger partial charge in [-0.1, -0.05) is 23.7 Å². The fourth-order valence-corrected chi connectivity index (χ4v) is 4.27. The van der Waals surface area contributed by atoms with Crippen LogP contribution < -0.4 is 5.32 Å². The summed E-state index contributed by atoms with van der Waals surface area (Å²) in [6.45, 7) is -0.348. The molecule has 0 saturated carbocycles. The highest BCUT2D eigenvalue weighted by Crippen LogP contribution is 2.19. The van der Waals surface area contributed by atoms with E-state index in [9.17, 15) is 13.2 Å². The molecule has 0 aliphatic rings. The lowest BCUT2D eigenvalue weighted by Gasteiger charge is -2.17. The molecule has 4 rings (SSSR count). The molecule has 10 heteroatoms. The predicted molar refractivity (Wildman–Crippen MR) is 119 cm³/mol. The van der Waals surface area contributed by atoms with Gasteiger partial charge in [0.25, 0.3) is 0 Å². The minimum absolute atomic E-state index is 0.0609. The molecule has 158 valence electrons. The molecule has 2 heterocycles. The Hall–Kier alpha value is -3.27. The van der Waals surface area contributed by atoms with Gasteiger partial charge in [0.15, 0.2) is 0 Å². The molecule has 0 saturated heterocycles. The van der Waals surface area contributed by atoms with Gasteiger partial charge < -0.3 is 5.32 Å². The van der Waals surface area contributed by atoms with Gasteiger partial charge in [-0.15, -0.1) is 0 Å². The molecule has 0 spiro atoms. The van der Waals surface area contributed by atoms with E-state index >= 15 is 0 Å². The van der Waals surface area contributed by atoms with Crippen molar-refractivity contribution in [3.05, 3.63) is 78.2 Å². The fourth-order valence-electron chi connectivity index (χ4n) is 3.02. The molecule has 1 N–H and O–H groups in total. The third kappa shape index (κ3) is 4.43. The molecule has 4 aromatic rings. The van der Waals surface area contributed by atoms with Crippen LogP contribution in [0.15, 0.2) is 78.1 Å². The Kier molecular flexibility index (Phi) is 5.73. The lowest BCUT2D eigenvalue weighted by Crippen LogP contribution is -2.35. The number of carbonyl (C=O) groups excluding carboxylic acids is 1. The van der Waals surface area contributed by atoms with E-state index in [4.69, 9.17) is 11.6 Å². The Balaban J connectivity index is 1.43. The summed E-state index contributed by atoms with van der Waals surface area (Å²) in [5.41, 5.74) is 2.22. The van der Waals surface area contributed by atoms with Gasteiger partial charge in [0.1, 0.15) is 12.1 Å². The Morgan fingerprint density at radius 2 is 1.81 bits per heavy atom. The monoisotopic (exact) mass is 455 g/mol. The Labute approximate surface area is 184 Å². The zero-order valence-corrected chi connectivity index (χ0v) is 18.0. The summed E-state index contributed by atoms with van der Waals surface area (Å²) in [4.78, 5) is 21.1. The van der Waals surface area contributed by atoms with Crippen LogP contribution in [0.3, 0.4) is 0 Å². The second-order valence-corrected chi connectivity index (χ2v) is 9.25. The predicted octanol–water partition coefficient (Wildman–Crippen LogP) is 3.33. The summed E-state index contributed by atoms with van der Waals surface area (Å²) in [5, 5.41) is 3.09. The lowest BCUT2D eigenvalue weighted by atomic mass is 10.3. The van der Waals surface area contributed by atoms with E-state index in [0.29, 0.717) is 16.5 Å². The van der Waals surface area contributed by atoms with Crippen LogP contribution in [0, 0.1) is 0 Å². The van der Waals surface area contributed by atoms with Gasteiger partial charge in [0.2, 0.25) is 15.9 Å². The summed E-state index contributed by atoms with van der Waals surface area (Å²) in [6.07, 6.45) is 3.19. The molecule has 0 fully saturated rings. The molecule has 2 aromatic heterocycles. The third-order valence-corrected chi connectivity index (χ3v) is 6.69. The van der Waals surface area contributed by atoms with E-state index in [1.54, 1.807) is 18.5 Å². The van der Waals surface area contributed by atoms with Gasteiger partial charge in [-0.3, -0.25) is 9.36 Å². The van der Waals surface area contributed by atoms with Crippen LogP contribution in [0.5, 0.6) is 0 Å². The van der Waals surface area contributed by atoms with Gasteiger partial charge in [0, 0.05) is 12.1 Å². The zero-order chi connectivity index (χ0) is 22.0. The number of amides is 1. The van der Waals surface area contributed by atoms with Crippen LogP contribution in [0.1, 0.15) is 0 Å². The van der Waals surface area contributed by atoms with Crippen LogP contribution in [0.25, 0.3) is 16.9 Å². The van der Waals surface area contributed by atoms with Crippen molar-refractivity contribution < 1.29 is 13.2 Å². The van der Waals surface area contributed by atoms with E-state index in [1.165, 1.54) is 37.5 Å². The molecule has 0 bridgehead atoms. The second kappa shape index (κ2) is 8.46. The second-order valence-electron chi connectivity index (χ2n) is 6.77. The van der Waals surface area contributed by atoms with Gasteiger partial charge >= 0.3 is 0 Å². The number of imidazole rings is 1. The minimum atomic E-state index is -3.81. The first-order valence-electron chi connectivity index (χ1n) is 9.25. The molecule has 0 aliphatic heterocycles. The number of anilines is 1. The van der Waals surface area contributed by atoms with Crippen molar-refractivity contribution in [2.45, 2.75) is 4.90 Å². The van der Waals surface area contributed by atoms with Crippen molar-refractivity contribution in [3.63, 3.8) is 0 Å². The summed E-state index contributed by atoms with van der Waals surface area (Å²) in [6, 6.07) is 16.9. The van der Waals surface area contributed by atoms with Crippen molar-refractivity contribution in [1.82, 2.24) is 18.8 Å². The number of hydrogen-bond donors (Lipinski definition) is 1. The van der Waals surface area contributed by atoms with Crippen LogP contribution in [0.4, 0.5) is 5.69 Å². The maximum Gasteiger partial charge on any atom is 0.243 e. The number of nitrogens with one attached hydrogen (secondary N) is 1. The summed E-state index contributed by atoms with van der Waals surface area (Å²) >= 11 is 5.80. The molecule has 0 atom stereocenters. The van der Waals surface area contributed by atoms with Crippen molar-refractivity contribution >= 4 is 44.3 Å². The average molecular weight is 456 g/mol. The first-order chi connectivity index (χ1) is 14.8. The smallest absolute Gasteiger partial charge is 0.243 e. The van der Waals surface area contributed by atoms with E-state index < -0.39 is 15.9 Å². The standard InChI is InChI=1S/C21H18ClN5O3S/c1-26(31(29,30)17-9-6-15(22)7-10-17)13-21(28)25-16-8-11-20(23-12-16)27-14-24-18-4-2-3-5-19(18)27/h2-12,14H,13H2,1H3,(H,25,28). The van der Waals surface area contributed by atoms with Gasteiger partial charge in [0.05, 0.1) is 34.4 Å². The summed E-state index contributed by atoms with van der Waals surface area (Å²) in [5.74, 6) is 0.164. The molecule has 0 radical (unpaired) electrons. The van der Waals surface area contributed by atoms with Crippen LogP contribution in [-0.4, -0.2) is 46.8 Å². The number of sulfonamides is 1. The molecule has 31 heavy (non-hydrogen) atoms.